The molecule has 146 valence electrons. The number of carbonyl (C=O) groups excluding carboxylic acids is 1. The van der Waals surface area contributed by atoms with Gasteiger partial charge < -0.3 is 19.6 Å². The highest BCUT2D eigenvalue weighted by Crippen LogP contribution is 2.25. The molecule has 3 aromatic rings. The van der Waals surface area contributed by atoms with Crippen LogP contribution >= 0.6 is 0 Å². The number of aromatic nitrogens is 1. The number of phenols is 1. The molecular weight excluding hydrogens is 356 g/mol. The average Bonchev–Trinajstić information content (AvgIpc) is 3.07. The SMILES string of the molecule is COc1cccc(-c2nc(CC(=O)NCCCc3ccc(O)cc3)c(C)o2)c1. The van der Waals surface area contributed by atoms with Crippen LogP contribution in [0, 0.1) is 6.92 Å². The van der Waals surface area contributed by atoms with Crippen molar-refractivity contribution in [1.29, 1.82) is 0 Å². The Bertz CT molecular complexity index is 932. The molecule has 0 unspecified atom stereocenters. The van der Waals surface area contributed by atoms with Crippen molar-refractivity contribution in [3.8, 4) is 23.0 Å². The molecule has 28 heavy (non-hydrogen) atoms. The Balaban J connectivity index is 1.51. The van der Waals surface area contributed by atoms with Crippen molar-refractivity contribution in [2.75, 3.05) is 13.7 Å². The fourth-order valence-corrected chi connectivity index (χ4v) is 2.87. The standard InChI is InChI=1S/C22H24N2O4/c1-15-20(24-22(28-15)17-6-3-7-19(13-17)27-2)14-21(26)23-12-4-5-16-8-10-18(25)11-9-16/h3,6-11,13,25H,4-5,12,14H2,1-2H3,(H,23,26). The third kappa shape index (κ3) is 5.13. The minimum Gasteiger partial charge on any atom is -0.508 e. The number of rotatable bonds is 8. The molecule has 0 radical (unpaired) electrons. The number of amides is 1. The molecule has 0 aliphatic carbocycles. The fourth-order valence-electron chi connectivity index (χ4n) is 2.87. The summed E-state index contributed by atoms with van der Waals surface area (Å²) in [4.78, 5) is 16.7. The molecule has 2 aromatic carbocycles. The van der Waals surface area contributed by atoms with Crippen LogP contribution in [0.15, 0.2) is 52.9 Å². The smallest absolute Gasteiger partial charge is 0.226 e. The predicted molar refractivity (Wildman–Crippen MR) is 106 cm³/mol. The second kappa shape index (κ2) is 9.08. The number of nitrogens with zero attached hydrogens (tertiary/aromatic N) is 1. The van der Waals surface area contributed by atoms with Crippen LogP contribution in [0.1, 0.15) is 23.4 Å². The molecule has 6 heteroatoms. The highest BCUT2D eigenvalue weighted by atomic mass is 16.5. The number of nitrogens with one attached hydrogen (secondary N) is 1. The first-order valence-electron chi connectivity index (χ1n) is 9.20. The van der Waals surface area contributed by atoms with Crippen LogP contribution in [0.4, 0.5) is 0 Å². The van der Waals surface area contributed by atoms with E-state index in [1.165, 1.54) is 0 Å². The number of benzene rings is 2. The van der Waals surface area contributed by atoms with Crippen molar-refractivity contribution in [2.45, 2.75) is 26.2 Å². The van der Waals surface area contributed by atoms with Gasteiger partial charge >= 0.3 is 0 Å². The van der Waals surface area contributed by atoms with E-state index in [2.05, 4.69) is 10.3 Å². The van der Waals surface area contributed by atoms with Crippen LogP contribution in [0.25, 0.3) is 11.5 Å². The van der Waals surface area contributed by atoms with Gasteiger partial charge in [0.05, 0.1) is 19.2 Å². The molecule has 0 aliphatic heterocycles. The molecule has 0 fully saturated rings. The molecule has 1 heterocycles. The molecule has 6 nitrogen and oxygen atoms in total. The van der Waals surface area contributed by atoms with Gasteiger partial charge in [-0.25, -0.2) is 4.98 Å². The molecule has 0 atom stereocenters. The Hall–Kier alpha value is -3.28. The third-order valence-electron chi connectivity index (χ3n) is 4.44. The lowest BCUT2D eigenvalue weighted by atomic mass is 10.1. The van der Waals surface area contributed by atoms with Crippen LogP contribution in [0.3, 0.4) is 0 Å². The summed E-state index contributed by atoms with van der Waals surface area (Å²) in [5, 5.41) is 12.2. The third-order valence-corrected chi connectivity index (χ3v) is 4.44. The summed E-state index contributed by atoms with van der Waals surface area (Å²) in [6, 6.07) is 14.6. The second-order valence-corrected chi connectivity index (χ2v) is 6.55. The van der Waals surface area contributed by atoms with Gasteiger partial charge in [0.1, 0.15) is 17.3 Å². The summed E-state index contributed by atoms with van der Waals surface area (Å²) in [6.07, 6.45) is 1.84. The van der Waals surface area contributed by atoms with E-state index in [9.17, 15) is 9.90 Å². The minimum absolute atomic E-state index is 0.0840. The zero-order valence-corrected chi connectivity index (χ0v) is 16.1. The summed E-state index contributed by atoms with van der Waals surface area (Å²) in [7, 11) is 1.61. The average molecular weight is 380 g/mol. The van der Waals surface area contributed by atoms with E-state index in [4.69, 9.17) is 9.15 Å². The van der Waals surface area contributed by atoms with Crippen molar-refractivity contribution in [1.82, 2.24) is 10.3 Å². The van der Waals surface area contributed by atoms with Crippen LogP contribution < -0.4 is 10.1 Å². The molecule has 0 spiro atoms. The number of aromatic hydroxyl groups is 1. The van der Waals surface area contributed by atoms with Gasteiger partial charge in [-0.2, -0.15) is 0 Å². The zero-order chi connectivity index (χ0) is 19.9. The Labute approximate surface area is 164 Å². The van der Waals surface area contributed by atoms with Crippen LogP contribution in [-0.4, -0.2) is 29.7 Å². The van der Waals surface area contributed by atoms with Crippen LogP contribution in [-0.2, 0) is 17.6 Å². The number of aryl methyl sites for hydroxylation is 2. The van der Waals surface area contributed by atoms with E-state index in [1.54, 1.807) is 19.2 Å². The van der Waals surface area contributed by atoms with Gasteiger partial charge in [0.15, 0.2) is 0 Å². The largest absolute Gasteiger partial charge is 0.508 e. The lowest BCUT2D eigenvalue weighted by Crippen LogP contribution is -2.26. The molecule has 1 aromatic heterocycles. The minimum atomic E-state index is -0.0840. The van der Waals surface area contributed by atoms with Crippen molar-refractivity contribution >= 4 is 5.91 Å². The highest BCUT2D eigenvalue weighted by Gasteiger charge is 2.15. The quantitative estimate of drug-likeness (QED) is 0.583. The number of ether oxygens (including phenoxy) is 1. The second-order valence-electron chi connectivity index (χ2n) is 6.55. The topological polar surface area (TPSA) is 84.6 Å². The van der Waals surface area contributed by atoms with Gasteiger partial charge in [-0.1, -0.05) is 18.2 Å². The monoisotopic (exact) mass is 380 g/mol. The lowest BCUT2D eigenvalue weighted by Gasteiger charge is -2.05. The Kier molecular flexibility index (Phi) is 6.32. The summed E-state index contributed by atoms with van der Waals surface area (Å²) in [6.45, 7) is 2.39. The maximum Gasteiger partial charge on any atom is 0.226 e. The normalized spacial score (nSPS) is 10.6. The molecule has 0 saturated carbocycles. The van der Waals surface area contributed by atoms with E-state index in [-0.39, 0.29) is 18.1 Å². The fraction of sp³-hybridized carbons (Fsp3) is 0.273. The number of hydrogen-bond donors (Lipinski definition) is 2. The molecule has 3 rings (SSSR count). The van der Waals surface area contributed by atoms with Crippen LogP contribution in [0.2, 0.25) is 0 Å². The Morgan fingerprint density at radius 1 is 1.21 bits per heavy atom. The van der Waals surface area contributed by atoms with Gasteiger partial charge in [0, 0.05) is 12.1 Å². The first kappa shape index (κ1) is 19.5. The Morgan fingerprint density at radius 2 is 2.00 bits per heavy atom. The van der Waals surface area contributed by atoms with E-state index in [0.29, 0.717) is 23.9 Å². The molecule has 2 N–H and O–H groups in total. The van der Waals surface area contributed by atoms with E-state index in [0.717, 1.165) is 29.7 Å². The lowest BCUT2D eigenvalue weighted by molar-refractivity contribution is -0.120. The van der Waals surface area contributed by atoms with E-state index in [1.807, 2.05) is 43.3 Å². The van der Waals surface area contributed by atoms with Gasteiger partial charge in [-0.15, -0.1) is 0 Å². The van der Waals surface area contributed by atoms with Gasteiger partial charge in [0.25, 0.3) is 0 Å². The summed E-state index contributed by atoms with van der Waals surface area (Å²) < 4.78 is 11.0. The van der Waals surface area contributed by atoms with Crippen LogP contribution in [0.5, 0.6) is 11.5 Å². The maximum absolute atomic E-state index is 12.2. The maximum atomic E-state index is 12.2. The van der Waals surface area contributed by atoms with Crippen molar-refractivity contribution in [2.24, 2.45) is 0 Å². The van der Waals surface area contributed by atoms with Crippen molar-refractivity contribution in [3.63, 3.8) is 0 Å². The molecule has 1 amide bonds. The highest BCUT2D eigenvalue weighted by molar-refractivity contribution is 5.78. The molecule has 0 bridgehead atoms. The molecule has 0 saturated heterocycles. The number of phenolic OH excluding ortho intramolecular Hbond substituents is 1. The van der Waals surface area contributed by atoms with E-state index < -0.39 is 0 Å². The summed E-state index contributed by atoms with van der Waals surface area (Å²) in [5.41, 5.74) is 2.57. The first-order chi connectivity index (χ1) is 13.5. The number of oxazole rings is 1. The van der Waals surface area contributed by atoms with Gasteiger partial charge in [-0.05, 0) is 55.7 Å². The summed E-state index contributed by atoms with van der Waals surface area (Å²) in [5.74, 6) is 2.01. The molecule has 0 aliphatic rings. The van der Waals surface area contributed by atoms with Crippen molar-refractivity contribution < 1.29 is 19.1 Å². The van der Waals surface area contributed by atoms with Gasteiger partial charge in [-0.3, -0.25) is 4.79 Å². The van der Waals surface area contributed by atoms with Gasteiger partial charge in [0.2, 0.25) is 11.8 Å². The first-order valence-corrected chi connectivity index (χ1v) is 9.20. The van der Waals surface area contributed by atoms with E-state index >= 15 is 0 Å². The van der Waals surface area contributed by atoms with Crippen molar-refractivity contribution in [3.05, 3.63) is 65.5 Å². The number of hydrogen-bond acceptors (Lipinski definition) is 5. The number of carbonyl (C=O) groups is 1. The molecular formula is C22H24N2O4. The number of methoxy groups -OCH3 is 1. The predicted octanol–water partition coefficient (Wildman–Crippen LogP) is 3.66. The summed E-state index contributed by atoms with van der Waals surface area (Å²) >= 11 is 0. The Morgan fingerprint density at radius 3 is 2.75 bits per heavy atom. The zero-order valence-electron chi connectivity index (χ0n) is 16.1.